The van der Waals surface area contributed by atoms with Crippen LogP contribution in [0.4, 0.5) is 0 Å². The van der Waals surface area contributed by atoms with Crippen LogP contribution < -0.4 is 4.74 Å². The molecule has 0 amide bonds. The molecule has 0 N–H and O–H groups in total. The Morgan fingerprint density at radius 2 is 1.59 bits per heavy atom. The Morgan fingerprint density at radius 1 is 0.931 bits per heavy atom. The summed E-state index contributed by atoms with van der Waals surface area (Å²) in [6, 6.07) is 28.3. The maximum atomic E-state index is 13.6. The quantitative estimate of drug-likeness (QED) is 0.566. The zero-order valence-corrected chi connectivity index (χ0v) is 16.4. The van der Waals surface area contributed by atoms with E-state index in [1.54, 1.807) is 0 Å². The normalized spacial score (nSPS) is 20.1. The molecule has 2 atom stereocenters. The fourth-order valence-corrected chi connectivity index (χ4v) is 4.63. The van der Waals surface area contributed by atoms with E-state index in [4.69, 9.17) is 4.74 Å². The standard InChI is InChI=1S/C26H23NO2/c1-18-22-17-29-23-15-9-8-14-21(23)25(22)27(16-19-10-4-2-5-11-19)24(18)26(28)20-12-6-3-7-13-20/h2-15,22,25H,16-17H2,1H3/t22-,25-/m0/s1. The second-order valence-corrected chi connectivity index (χ2v) is 7.74. The third-order valence-corrected chi connectivity index (χ3v) is 6.04. The van der Waals surface area contributed by atoms with Gasteiger partial charge in [-0.05, 0) is 24.1 Å². The predicted molar refractivity (Wildman–Crippen MR) is 114 cm³/mol. The van der Waals surface area contributed by atoms with Crippen LogP contribution in [-0.4, -0.2) is 17.3 Å². The monoisotopic (exact) mass is 381 g/mol. The van der Waals surface area contributed by atoms with Crippen molar-refractivity contribution >= 4 is 5.78 Å². The predicted octanol–water partition coefficient (Wildman–Crippen LogP) is 5.41. The number of Topliss-reactive ketones (excluding diaryl/α,β-unsaturated/α-hetero) is 1. The first-order chi connectivity index (χ1) is 14.2. The highest BCUT2D eigenvalue weighted by atomic mass is 16.5. The number of hydrogen-bond acceptors (Lipinski definition) is 3. The van der Waals surface area contributed by atoms with Crippen LogP contribution in [0.3, 0.4) is 0 Å². The van der Waals surface area contributed by atoms with Crippen molar-refractivity contribution in [1.29, 1.82) is 0 Å². The van der Waals surface area contributed by atoms with Gasteiger partial charge in [-0.15, -0.1) is 0 Å². The summed E-state index contributed by atoms with van der Waals surface area (Å²) in [6.45, 7) is 3.39. The summed E-state index contributed by atoms with van der Waals surface area (Å²) >= 11 is 0. The molecule has 0 spiro atoms. The first-order valence-electron chi connectivity index (χ1n) is 10.1. The van der Waals surface area contributed by atoms with Crippen LogP contribution in [0.1, 0.15) is 34.5 Å². The molecule has 0 bridgehead atoms. The summed E-state index contributed by atoms with van der Waals surface area (Å²) in [5.41, 5.74) is 5.02. The molecule has 5 rings (SSSR count). The SMILES string of the molecule is CC1=C(C(=O)c2ccccc2)N(Cc2ccccc2)[C@H]2c3ccccc3OC[C@@H]12. The van der Waals surface area contributed by atoms with Gasteiger partial charge < -0.3 is 9.64 Å². The molecule has 0 radical (unpaired) electrons. The van der Waals surface area contributed by atoms with Crippen molar-refractivity contribution in [3.05, 3.63) is 113 Å². The number of para-hydroxylation sites is 1. The van der Waals surface area contributed by atoms with E-state index >= 15 is 0 Å². The molecule has 3 heteroatoms. The van der Waals surface area contributed by atoms with Crippen LogP contribution in [0.15, 0.2) is 96.2 Å². The lowest BCUT2D eigenvalue weighted by molar-refractivity contribution is 0.0953. The summed E-state index contributed by atoms with van der Waals surface area (Å²) in [7, 11) is 0. The van der Waals surface area contributed by atoms with Gasteiger partial charge in [-0.3, -0.25) is 4.79 Å². The Balaban J connectivity index is 1.62. The van der Waals surface area contributed by atoms with Gasteiger partial charge in [0.1, 0.15) is 5.75 Å². The number of carbonyl (C=O) groups is 1. The van der Waals surface area contributed by atoms with Crippen LogP contribution in [0.25, 0.3) is 0 Å². The smallest absolute Gasteiger partial charge is 0.209 e. The maximum absolute atomic E-state index is 13.6. The lowest BCUT2D eigenvalue weighted by atomic mass is 9.88. The van der Waals surface area contributed by atoms with E-state index in [0.717, 1.165) is 28.1 Å². The zero-order valence-electron chi connectivity index (χ0n) is 16.4. The summed E-state index contributed by atoms with van der Waals surface area (Å²) < 4.78 is 6.07. The summed E-state index contributed by atoms with van der Waals surface area (Å²) in [4.78, 5) is 15.9. The Morgan fingerprint density at radius 3 is 2.34 bits per heavy atom. The number of allylic oxidation sites excluding steroid dienone is 1. The van der Waals surface area contributed by atoms with Crippen molar-refractivity contribution in [2.24, 2.45) is 5.92 Å². The van der Waals surface area contributed by atoms with Crippen molar-refractivity contribution in [3.8, 4) is 5.75 Å². The lowest BCUT2D eigenvalue weighted by Gasteiger charge is -2.36. The second-order valence-electron chi connectivity index (χ2n) is 7.74. The topological polar surface area (TPSA) is 29.5 Å². The minimum atomic E-state index is 0.0888. The van der Waals surface area contributed by atoms with Crippen LogP contribution in [0.2, 0.25) is 0 Å². The van der Waals surface area contributed by atoms with Crippen LogP contribution in [0, 0.1) is 5.92 Å². The van der Waals surface area contributed by atoms with Gasteiger partial charge in [0.05, 0.1) is 18.3 Å². The molecule has 0 saturated heterocycles. The number of hydrogen-bond donors (Lipinski definition) is 0. The number of nitrogens with zero attached hydrogens (tertiary/aromatic N) is 1. The fraction of sp³-hybridized carbons (Fsp3) is 0.192. The Labute approximate surface area is 171 Å². The van der Waals surface area contributed by atoms with Crippen molar-refractivity contribution in [2.45, 2.75) is 19.5 Å². The highest BCUT2D eigenvalue weighted by Gasteiger charge is 2.45. The van der Waals surface area contributed by atoms with Gasteiger partial charge in [-0.1, -0.05) is 78.9 Å². The molecule has 0 unspecified atom stereocenters. The number of rotatable bonds is 4. The number of carbonyl (C=O) groups excluding carboxylic acids is 1. The summed E-state index contributed by atoms with van der Waals surface area (Å²) in [5.74, 6) is 1.19. The number of fused-ring (bicyclic) bond motifs is 3. The van der Waals surface area contributed by atoms with Gasteiger partial charge in [0.15, 0.2) is 0 Å². The van der Waals surface area contributed by atoms with E-state index in [9.17, 15) is 4.79 Å². The van der Waals surface area contributed by atoms with E-state index in [1.807, 2.05) is 48.5 Å². The van der Waals surface area contributed by atoms with Crippen molar-refractivity contribution in [3.63, 3.8) is 0 Å². The van der Waals surface area contributed by atoms with E-state index in [1.165, 1.54) is 5.56 Å². The van der Waals surface area contributed by atoms with Crippen molar-refractivity contribution in [2.75, 3.05) is 6.61 Å². The minimum absolute atomic E-state index is 0.0888. The zero-order chi connectivity index (χ0) is 19.8. The molecule has 144 valence electrons. The molecule has 0 aliphatic carbocycles. The van der Waals surface area contributed by atoms with Gasteiger partial charge >= 0.3 is 0 Å². The van der Waals surface area contributed by atoms with Crippen molar-refractivity contribution in [1.82, 2.24) is 4.90 Å². The number of ketones is 1. The van der Waals surface area contributed by atoms with Crippen LogP contribution >= 0.6 is 0 Å². The van der Waals surface area contributed by atoms with Crippen LogP contribution in [0.5, 0.6) is 5.75 Å². The Bertz CT molecular complexity index is 1070. The molecule has 2 aliphatic heterocycles. The van der Waals surface area contributed by atoms with Gasteiger partial charge in [0.2, 0.25) is 5.78 Å². The largest absolute Gasteiger partial charge is 0.493 e. The summed E-state index contributed by atoms with van der Waals surface area (Å²) in [6.07, 6.45) is 0. The van der Waals surface area contributed by atoms with E-state index in [-0.39, 0.29) is 17.7 Å². The first-order valence-corrected chi connectivity index (χ1v) is 10.1. The summed E-state index contributed by atoms with van der Waals surface area (Å²) in [5, 5.41) is 0. The average molecular weight is 381 g/mol. The third-order valence-electron chi connectivity index (χ3n) is 6.04. The minimum Gasteiger partial charge on any atom is -0.493 e. The first kappa shape index (κ1) is 17.7. The maximum Gasteiger partial charge on any atom is 0.209 e. The third kappa shape index (κ3) is 3.03. The molecule has 3 aromatic rings. The molecule has 0 fully saturated rings. The fourth-order valence-electron chi connectivity index (χ4n) is 4.63. The number of benzene rings is 3. The van der Waals surface area contributed by atoms with Crippen LogP contribution in [-0.2, 0) is 6.54 Å². The lowest BCUT2D eigenvalue weighted by Crippen LogP contribution is -2.33. The van der Waals surface area contributed by atoms with Gasteiger partial charge in [-0.2, -0.15) is 0 Å². The van der Waals surface area contributed by atoms with Crippen molar-refractivity contribution < 1.29 is 9.53 Å². The molecule has 2 aliphatic rings. The Hall–Kier alpha value is -3.33. The van der Waals surface area contributed by atoms with Gasteiger partial charge in [0, 0.05) is 23.6 Å². The molecule has 29 heavy (non-hydrogen) atoms. The highest BCUT2D eigenvalue weighted by Crippen LogP contribution is 2.50. The number of ether oxygens (including phenoxy) is 1. The molecule has 0 saturated carbocycles. The molecule has 3 nitrogen and oxygen atoms in total. The van der Waals surface area contributed by atoms with E-state index in [2.05, 4.69) is 48.2 Å². The second kappa shape index (κ2) is 7.25. The Kier molecular flexibility index (Phi) is 4.44. The van der Waals surface area contributed by atoms with Gasteiger partial charge in [0.25, 0.3) is 0 Å². The molecule has 2 heterocycles. The highest BCUT2D eigenvalue weighted by molar-refractivity contribution is 6.09. The molecule has 0 aromatic heterocycles. The van der Waals surface area contributed by atoms with E-state index in [0.29, 0.717) is 13.2 Å². The van der Waals surface area contributed by atoms with E-state index < -0.39 is 0 Å². The molecular formula is C26H23NO2. The molecular weight excluding hydrogens is 358 g/mol. The van der Waals surface area contributed by atoms with Gasteiger partial charge in [-0.25, -0.2) is 0 Å². The average Bonchev–Trinajstić information content (AvgIpc) is 3.06. The molecule has 3 aromatic carbocycles.